The Morgan fingerprint density at radius 3 is 2.50 bits per heavy atom. The number of nitrogens with one attached hydrogen (secondary N) is 1. The molecule has 0 unspecified atom stereocenters. The summed E-state index contributed by atoms with van der Waals surface area (Å²) in [6, 6.07) is 11.6. The van der Waals surface area contributed by atoms with Crippen molar-refractivity contribution in [2.24, 2.45) is 5.16 Å². The molecule has 0 aromatic heterocycles. The Hall–Kier alpha value is -3.02. The Bertz CT molecular complexity index is 1100. The lowest BCUT2D eigenvalue weighted by Crippen LogP contribution is -2.42. The highest BCUT2D eigenvalue weighted by Crippen LogP contribution is 2.30. The van der Waals surface area contributed by atoms with Gasteiger partial charge in [0.15, 0.2) is 5.76 Å². The summed E-state index contributed by atoms with van der Waals surface area (Å²) < 4.78 is 5.70. The van der Waals surface area contributed by atoms with E-state index < -0.39 is 0 Å². The Balaban J connectivity index is 1.82. The fourth-order valence-electron chi connectivity index (χ4n) is 3.83. The molecule has 1 saturated heterocycles. The van der Waals surface area contributed by atoms with Gasteiger partial charge in [0, 0.05) is 48.6 Å². The standard InChI is InChI=1S/C28H34ClN3O2/c1-7-9-26-24(10-8-11-25(26)21(5)32-16-14-30-15-17-32)20(4)31-34-22(6)23-12-13-28(27(29)18-23)33-19(2)3/h7-13,18-19,30H,5-6,14-17H2,1-4H3/b9-7-,31-20+. The van der Waals surface area contributed by atoms with Crippen LogP contribution in [0.4, 0.5) is 0 Å². The Kier molecular flexibility index (Phi) is 8.97. The number of halogens is 1. The first-order valence-electron chi connectivity index (χ1n) is 11.6. The molecule has 5 nitrogen and oxygen atoms in total. The van der Waals surface area contributed by atoms with Crippen LogP contribution < -0.4 is 10.1 Å². The molecule has 0 radical (unpaired) electrons. The highest BCUT2D eigenvalue weighted by molar-refractivity contribution is 6.32. The van der Waals surface area contributed by atoms with Crippen molar-refractivity contribution < 1.29 is 9.57 Å². The Morgan fingerprint density at radius 1 is 1.15 bits per heavy atom. The molecule has 180 valence electrons. The van der Waals surface area contributed by atoms with E-state index in [1.54, 1.807) is 6.07 Å². The summed E-state index contributed by atoms with van der Waals surface area (Å²) in [5.41, 5.74) is 5.66. The molecule has 0 atom stereocenters. The number of nitrogens with zero attached hydrogens (tertiary/aromatic N) is 2. The minimum atomic E-state index is 0.0415. The quantitative estimate of drug-likeness (QED) is 0.255. The van der Waals surface area contributed by atoms with Crippen molar-refractivity contribution in [3.05, 3.63) is 82.9 Å². The van der Waals surface area contributed by atoms with Crippen molar-refractivity contribution in [3.63, 3.8) is 0 Å². The molecule has 1 aliphatic heterocycles. The number of rotatable bonds is 9. The van der Waals surface area contributed by atoms with Crippen LogP contribution >= 0.6 is 11.6 Å². The molecule has 3 rings (SSSR count). The van der Waals surface area contributed by atoms with Gasteiger partial charge in [-0.05, 0) is 51.5 Å². The van der Waals surface area contributed by atoms with Crippen molar-refractivity contribution in [1.29, 1.82) is 0 Å². The van der Waals surface area contributed by atoms with Gasteiger partial charge in [0.25, 0.3) is 0 Å². The van der Waals surface area contributed by atoms with Crippen LogP contribution in [-0.2, 0) is 4.84 Å². The van der Waals surface area contributed by atoms with Crippen LogP contribution in [0.2, 0.25) is 5.02 Å². The Morgan fingerprint density at radius 2 is 1.85 bits per heavy atom. The number of piperazine rings is 1. The van der Waals surface area contributed by atoms with E-state index in [0.29, 0.717) is 16.5 Å². The molecule has 0 saturated carbocycles. The van der Waals surface area contributed by atoms with Crippen LogP contribution in [0.25, 0.3) is 17.5 Å². The molecule has 0 aliphatic carbocycles. The summed E-state index contributed by atoms with van der Waals surface area (Å²) in [6.45, 7) is 20.1. The molecular formula is C28H34ClN3O2. The Labute approximate surface area is 208 Å². The molecule has 1 heterocycles. The number of hydrogen-bond acceptors (Lipinski definition) is 5. The monoisotopic (exact) mass is 479 g/mol. The van der Waals surface area contributed by atoms with E-state index in [0.717, 1.165) is 59.8 Å². The van der Waals surface area contributed by atoms with Crippen molar-refractivity contribution in [1.82, 2.24) is 10.2 Å². The second kappa shape index (κ2) is 11.9. The molecule has 6 heteroatoms. The third-order valence-electron chi connectivity index (χ3n) is 5.55. The molecule has 1 aliphatic rings. The van der Waals surface area contributed by atoms with E-state index in [4.69, 9.17) is 21.2 Å². The summed E-state index contributed by atoms with van der Waals surface area (Å²) in [5, 5.41) is 8.28. The van der Waals surface area contributed by atoms with Gasteiger partial charge < -0.3 is 19.8 Å². The number of ether oxygens (including phenoxy) is 1. The molecule has 0 amide bonds. The number of benzene rings is 2. The van der Waals surface area contributed by atoms with E-state index >= 15 is 0 Å². The first-order valence-corrected chi connectivity index (χ1v) is 12.0. The predicted octanol–water partition coefficient (Wildman–Crippen LogP) is 6.45. The van der Waals surface area contributed by atoms with Crippen LogP contribution in [0.15, 0.2) is 60.8 Å². The van der Waals surface area contributed by atoms with Gasteiger partial charge in [-0.2, -0.15) is 0 Å². The van der Waals surface area contributed by atoms with Crippen LogP contribution in [0.3, 0.4) is 0 Å². The maximum atomic E-state index is 6.36. The molecule has 34 heavy (non-hydrogen) atoms. The molecule has 2 aromatic rings. The van der Waals surface area contributed by atoms with E-state index in [2.05, 4.69) is 40.7 Å². The van der Waals surface area contributed by atoms with Crippen molar-refractivity contribution >= 4 is 34.8 Å². The summed E-state index contributed by atoms with van der Waals surface area (Å²) in [5.74, 6) is 1.04. The van der Waals surface area contributed by atoms with Gasteiger partial charge in [-0.3, -0.25) is 0 Å². The summed E-state index contributed by atoms with van der Waals surface area (Å²) in [7, 11) is 0. The second-order valence-electron chi connectivity index (χ2n) is 8.45. The van der Waals surface area contributed by atoms with Gasteiger partial charge in [-0.25, -0.2) is 0 Å². The maximum Gasteiger partial charge on any atom is 0.158 e. The van der Waals surface area contributed by atoms with Gasteiger partial charge in [-0.15, -0.1) is 0 Å². The van der Waals surface area contributed by atoms with Crippen molar-refractivity contribution in [2.75, 3.05) is 26.2 Å². The first kappa shape index (κ1) is 25.6. The van der Waals surface area contributed by atoms with Crippen LogP contribution in [0.5, 0.6) is 5.75 Å². The maximum absolute atomic E-state index is 6.36. The highest BCUT2D eigenvalue weighted by Gasteiger charge is 2.17. The minimum Gasteiger partial charge on any atom is -0.489 e. The molecule has 0 bridgehead atoms. The summed E-state index contributed by atoms with van der Waals surface area (Å²) in [4.78, 5) is 8.02. The van der Waals surface area contributed by atoms with Gasteiger partial charge in [0.2, 0.25) is 0 Å². The summed E-state index contributed by atoms with van der Waals surface area (Å²) >= 11 is 6.36. The van der Waals surface area contributed by atoms with E-state index in [1.807, 2.05) is 58.0 Å². The van der Waals surface area contributed by atoms with E-state index in [9.17, 15) is 0 Å². The number of allylic oxidation sites excluding steroid dienone is 1. The van der Waals surface area contributed by atoms with Crippen LogP contribution in [-0.4, -0.2) is 42.9 Å². The van der Waals surface area contributed by atoms with Gasteiger partial charge in [-0.1, -0.05) is 60.3 Å². The fourth-order valence-corrected chi connectivity index (χ4v) is 4.06. The zero-order valence-electron chi connectivity index (χ0n) is 20.5. The minimum absolute atomic E-state index is 0.0415. The normalized spacial score (nSPS) is 14.5. The van der Waals surface area contributed by atoms with Gasteiger partial charge in [0.1, 0.15) is 5.75 Å². The topological polar surface area (TPSA) is 46.1 Å². The van der Waals surface area contributed by atoms with Crippen molar-refractivity contribution in [3.8, 4) is 5.75 Å². The lowest BCUT2D eigenvalue weighted by molar-refractivity contribution is 0.242. The number of hydrogen-bond donors (Lipinski definition) is 1. The third-order valence-corrected chi connectivity index (χ3v) is 5.84. The average molecular weight is 480 g/mol. The largest absolute Gasteiger partial charge is 0.489 e. The zero-order chi connectivity index (χ0) is 24.7. The third kappa shape index (κ3) is 6.31. The lowest BCUT2D eigenvalue weighted by Gasteiger charge is -2.32. The number of oxime groups is 1. The van der Waals surface area contributed by atoms with Gasteiger partial charge in [0.05, 0.1) is 16.8 Å². The van der Waals surface area contributed by atoms with Gasteiger partial charge >= 0.3 is 0 Å². The molecule has 1 fully saturated rings. The molecule has 1 N–H and O–H groups in total. The predicted molar refractivity (Wildman–Crippen MR) is 144 cm³/mol. The van der Waals surface area contributed by atoms with E-state index in [1.165, 1.54) is 0 Å². The van der Waals surface area contributed by atoms with E-state index in [-0.39, 0.29) is 6.10 Å². The SMILES string of the molecule is C=C(O/N=C(\C)c1cccc(C(=C)N2CCNCC2)c1/C=C\C)c1ccc(OC(C)C)c(Cl)c1. The fraction of sp³-hybridized carbons (Fsp3) is 0.321. The first-order chi connectivity index (χ1) is 16.3. The van der Waals surface area contributed by atoms with Crippen molar-refractivity contribution in [2.45, 2.75) is 33.8 Å². The van der Waals surface area contributed by atoms with Crippen LogP contribution in [0.1, 0.15) is 49.9 Å². The smallest absolute Gasteiger partial charge is 0.158 e. The van der Waals surface area contributed by atoms with Crippen LogP contribution in [0, 0.1) is 0 Å². The molecule has 2 aromatic carbocycles. The zero-order valence-corrected chi connectivity index (χ0v) is 21.3. The molecular weight excluding hydrogens is 446 g/mol. The lowest BCUT2D eigenvalue weighted by atomic mass is 9.95. The summed E-state index contributed by atoms with van der Waals surface area (Å²) in [6.07, 6.45) is 4.17. The highest BCUT2D eigenvalue weighted by atomic mass is 35.5. The second-order valence-corrected chi connectivity index (χ2v) is 8.86. The molecule has 0 spiro atoms. The average Bonchev–Trinajstić information content (AvgIpc) is 2.83.